The van der Waals surface area contributed by atoms with E-state index in [9.17, 15) is 8.42 Å². The van der Waals surface area contributed by atoms with E-state index in [0.29, 0.717) is 12.1 Å². The van der Waals surface area contributed by atoms with Crippen molar-refractivity contribution in [1.82, 2.24) is 9.78 Å². The topological polar surface area (TPSA) is 64.0 Å². The van der Waals surface area contributed by atoms with Crippen molar-refractivity contribution in [3.63, 3.8) is 0 Å². The van der Waals surface area contributed by atoms with Crippen LogP contribution >= 0.6 is 15.9 Å². The maximum Gasteiger partial charge on any atom is 0.242 e. The Hall–Kier alpha value is -0.560. The largest absolute Gasteiger partial charge is 0.279 e. The van der Waals surface area contributed by atoms with Gasteiger partial charge in [0.25, 0.3) is 0 Å². The number of anilines is 1. The fourth-order valence-corrected chi connectivity index (χ4v) is 1.98. The van der Waals surface area contributed by atoms with Gasteiger partial charge in [-0.2, -0.15) is 5.10 Å². The summed E-state index contributed by atoms with van der Waals surface area (Å²) in [4.78, 5) is 0. The summed E-state index contributed by atoms with van der Waals surface area (Å²) in [6.07, 6.45) is 2.35. The molecule has 0 aliphatic rings. The number of aromatic nitrogens is 2. The summed E-state index contributed by atoms with van der Waals surface area (Å²) < 4.78 is 26.4. The van der Waals surface area contributed by atoms with Crippen LogP contribution in [0.25, 0.3) is 0 Å². The zero-order valence-electron chi connectivity index (χ0n) is 7.99. The monoisotopic (exact) mass is 281 g/mol. The van der Waals surface area contributed by atoms with Crippen LogP contribution in [0.1, 0.15) is 12.6 Å². The molecule has 0 amide bonds. The maximum absolute atomic E-state index is 11.3. The van der Waals surface area contributed by atoms with Crippen LogP contribution in [0.3, 0.4) is 0 Å². The summed E-state index contributed by atoms with van der Waals surface area (Å²) in [6.45, 7) is 1.92. The van der Waals surface area contributed by atoms with Gasteiger partial charge in [0.1, 0.15) is 4.66 Å². The third-order valence-electron chi connectivity index (χ3n) is 1.65. The van der Waals surface area contributed by atoms with Crippen LogP contribution in [0.5, 0.6) is 0 Å². The van der Waals surface area contributed by atoms with E-state index in [2.05, 4.69) is 25.8 Å². The summed E-state index contributed by atoms with van der Waals surface area (Å²) in [7, 11) is -1.52. The molecule has 0 aliphatic heterocycles. The molecule has 0 bridgehead atoms. The number of hydrogen-bond acceptors (Lipinski definition) is 3. The molecule has 0 fully saturated rings. The van der Waals surface area contributed by atoms with Gasteiger partial charge >= 0.3 is 0 Å². The van der Waals surface area contributed by atoms with Crippen molar-refractivity contribution >= 4 is 31.6 Å². The highest BCUT2D eigenvalue weighted by Crippen LogP contribution is 2.15. The summed E-state index contributed by atoms with van der Waals surface area (Å²) in [6, 6.07) is 0. The number of rotatable bonds is 4. The van der Waals surface area contributed by atoms with Crippen molar-refractivity contribution in [2.75, 3.05) is 9.38 Å². The summed E-state index contributed by atoms with van der Waals surface area (Å²) in [5.74, 6) is 0. The molecule has 5 nitrogen and oxygen atoms in total. The van der Waals surface area contributed by atoms with E-state index in [4.69, 9.17) is 0 Å². The van der Waals surface area contributed by atoms with Crippen molar-refractivity contribution in [2.45, 2.75) is 13.3 Å². The van der Waals surface area contributed by atoms with Crippen LogP contribution in [0.4, 0.5) is 5.69 Å². The van der Waals surface area contributed by atoms with Gasteiger partial charge in [-0.1, -0.05) is 22.9 Å². The third-order valence-corrected chi connectivity index (χ3v) is 4.28. The highest BCUT2D eigenvalue weighted by Gasteiger charge is 2.12. The molecule has 80 valence electrons. The Morgan fingerprint density at radius 3 is 2.79 bits per heavy atom. The van der Waals surface area contributed by atoms with Crippen LogP contribution in [-0.4, -0.2) is 22.9 Å². The number of nitrogens with one attached hydrogen (secondary N) is 1. The molecule has 14 heavy (non-hydrogen) atoms. The number of hydrogen-bond donors (Lipinski definition) is 1. The smallest absolute Gasteiger partial charge is 0.242 e. The van der Waals surface area contributed by atoms with Gasteiger partial charge in [-0.3, -0.25) is 9.40 Å². The fraction of sp³-hybridized carbons (Fsp3) is 0.571. The van der Waals surface area contributed by atoms with E-state index < -0.39 is 10.0 Å². The zero-order valence-corrected chi connectivity index (χ0v) is 10.4. The second-order valence-corrected chi connectivity index (χ2v) is 5.87. The van der Waals surface area contributed by atoms with Crippen LogP contribution in [0, 0.1) is 0 Å². The average molecular weight is 282 g/mol. The quantitative estimate of drug-likeness (QED) is 0.840. The van der Waals surface area contributed by atoms with Crippen LogP contribution < -0.4 is 4.72 Å². The molecule has 1 aromatic heterocycles. The van der Waals surface area contributed by atoms with Crippen LogP contribution in [-0.2, 0) is 23.5 Å². The lowest BCUT2D eigenvalue weighted by Gasteiger charge is -2.03. The molecule has 1 heterocycles. The van der Waals surface area contributed by atoms with Gasteiger partial charge in [0.05, 0.1) is 11.4 Å². The Kier molecular flexibility index (Phi) is 3.54. The molecule has 1 N–H and O–H groups in total. The van der Waals surface area contributed by atoms with Gasteiger partial charge in [0.15, 0.2) is 0 Å². The number of aryl methyl sites for hydroxylation is 2. The molecule has 0 aliphatic carbocycles. The van der Waals surface area contributed by atoms with Gasteiger partial charge in [-0.15, -0.1) is 0 Å². The van der Waals surface area contributed by atoms with Crippen LogP contribution in [0.2, 0.25) is 0 Å². The predicted molar refractivity (Wildman–Crippen MR) is 58.9 cm³/mol. The van der Waals surface area contributed by atoms with Crippen molar-refractivity contribution in [2.24, 2.45) is 7.05 Å². The Morgan fingerprint density at radius 1 is 1.64 bits per heavy atom. The summed E-state index contributed by atoms with van der Waals surface area (Å²) in [5, 5.41) is 4.12. The van der Waals surface area contributed by atoms with Gasteiger partial charge in [-0.25, -0.2) is 8.42 Å². The van der Waals surface area contributed by atoms with Crippen molar-refractivity contribution in [3.05, 3.63) is 11.9 Å². The first kappa shape index (κ1) is 11.5. The number of nitrogens with zero attached hydrogens (tertiary/aromatic N) is 2. The van der Waals surface area contributed by atoms with Crippen molar-refractivity contribution in [3.8, 4) is 0 Å². The minimum absolute atomic E-state index is 0.113. The lowest BCUT2D eigenvalue weighted by molar-refractivity contribution is 0.606. The van der Waals surface area contributed by atoms with Gasteiger partial charge < -0.3 is 0 Å². The Bertz CT molecular complexity index is 413. The van der Waals surface area contributed by atoms with Gasteiger partial charge in [-0.05, 0) is 6.42 Å². The van der Waals surface area contributed by atoms with E-state index in [0.717, 1.165) is 5.69 Å². The lowest BCUT2D eigenvalue weighted by Crippen LogP contribution is -2.13. The zero-order chi connectivity index (χ0) is 10.8. The molecule has 0 atom stereocenters. The summed E-state index contributed by atoms with van der Waals surface area (Å²) in [5.41, 5.74) is 1.30. The summed E-state index contributed by atoms with van der Waals surface area (Å²) >= 11 is 2.90. The molecular formula is C7H12BrN3O2S. The molecule has 0 spiro atoms. The maximum atomic E-state index is 11.3. The lowest BCUT2D eigenvalue weighted by atomic mass is 10.3. The minimum atomic E-state index is -3.28. The third kappa shape index (κ3) is 2.71. The molecule has 0 saturated carbocycles. The molecular weight excluding hydrogens is 270 g/mol. The van der Waals surface area contributed by atoms with Crippen molar-refractivity contribution < 1.29 is 8.42 Å². The highest BCUT2D eigenvalue weighted by molar-refractivity contribution is 9.10. The first-order valence-electron chi connectivity index (χ1n) is 4.07. The Balaban J connectivity index is 2.96. The minimum Gasteiger partial charge on any atom is -0.279 e. The van der Waals surface area contributed by atoms with Crippen LogP contribution in [0.15, 0.2) is 6.20 Å². The predicted octanol–water partition coefficient (Wildman–Crippen LogP) is 1.08. The Morgan fingerprint density at radius 2 is 2.29 bits per heavy atom. The molecule has 0 radical (unpaired) electrons. The first-order valence-corrected chi connectivity index (χ1v) is 6.85. The highest BCUT2D eigenvalue weighted by atomic mass is 79.9. The fourth-order valence-electron chi connectivity index (χ4n) is 1.08. The molecule has 1 rings (SSSR count). The molecule has 1 aromatic rings. The molecule has 0 aromatic carbocycles. The Labute approximate surface area is 91.7 Å². The van der Waals surface area contributed by atoms with Gasteiger partial charge in [0.2, 0.25) is 10.0 Å². The van der Waals surface area contributed by atoms with Gasteiger partial charge in [0, 0.05) is 13.2 Å². The standard InChI is InChI=1S/C7H12BrN3O2S/c1-3-6-7(4-11(2)9-6)10-14(12,13)5-8/h4,10H,3,5H2,1-2H3. The van der Waals surface area contributed by atoms with E-state index >= 15 is 0 Å². The second kappa shape index (κ2) is 4.31. The number of sulfonamides is 1. The normalized spacial score (nSPS) is 11.6. The molecule has 0 unspecified atom stereocenters. The van der Waals surface area contributed by atoms with E-state index in [-0.39, 0.29) is 4.66 Å². The number of halogens is 1. The molecule has 0 saturated heterocycles. The van der Waals surface area contributed by atoms with E-state index in [1.807, 2.05) is 6.92 Å². The first-order chi connectivity index (χ1) is 6.48. The van der Waals surface area contributed by atoms with E-state index in [1.165, 1.54) is 0 Å². The van der Waals surface area contributed by atoms with Crippen molar-refractivity contribution in [1.29, 1.82) is 0 Å². The second-order valence-electron chi connectivity index (χ2n) is 2.84. The average Bonchev–Trinajstić information content (AvgIpc) is 2.45. The van der Waals surface area contributed by atoms with E-state index in [1.54, 1.807) is 17.9 Å². The number of alkyl halides is 1. The molecule has 7 heteroatoms. The SMILES string of the molecule is CCc1nn(C)cc1NS(=O)(=O)CBr.